The van der Waals surface area contributed by atoms with Crippen molar-refractivity contribution in [2.75, 3.05) is 5.32 Å². The van der Waals surface area contributed by atoms with Crippen molar-refractivity contribution in [3.05, 3.63) is 29.8 Å². The molecule has 0 radical (unpaired) electrons. The van der Waals surface area contributed by atoms with Crippen LogP contribution in [-0.4, -0.2) is 11.9 Å². The predicted octanol–water partition coefficient (Wildman–Crippen LogP) is -0.219. The second kappa shape index (κ2) is 4.24. The van der Waals surface area contributed by atoms with Crippen molar-refractivity contribution in [3.63, 3.8) is 0 Å². The Morgan fingerprint density at radius 1 is 1.14 bits per heavy atom. The summed E-state index contributed by atoms with van der Waals surface area (Å²) in [6.45, 7) is 0. The third-order valence-corrected chi connectivity index (χ3v) is 1.56. The molecule has 6 heteroatoms. The van der Waals surface area contributed by atoms with Crippen LogP contribution in [0.2, 0.25) is 0 Å². The highest BCUT2D eigenvalue weighted by molar-refractivity contribution is 5.94. The van der Waals surface area contributed by atoms with Gasteiger partial charge < -0.3 is 11.1 Å². The lowest BCUT2D eigenvalue weighted by Crippen LogP contribution is -2.34. The molecular formula is C8H10N4O2. The van der Waals surface area contributed by atoms with E-state index in [9.17, 15) is 9.59 Å². The molecule has 0 atom stereocenters. The van der Waals surface area contributed by atoms with E-state index in [-0.39, 0.29) is 0 Å². The molecule has 0 aliphatic heterocycles. The number of amides is 3. The summed E-state index contributed by atoms with van der Waals surface area (Å²) < 4.78 is 0. The number of hydrogen-bond acceptors (Lipinski definition) is 3. The fourth-order valence-corrected chi connectivity index (χ4v) is 0.885. The molecule has 1 rings (SSSR count). The maximum atomic E-state index is 10.8. The van der Waals surface area contributed by atoms with E-state index in [0.29, 0.717) is 11.3 Å². The number of nitrogens with one attached hydrogen (secondary N) is 2. The normalized spacial score (nSPS) is 9.21. The van der Waals surface area contributed by atoms with E-state index < -0.39 is 11.9 Å². The van der Waals surface area contributed by atoms with Crippen LogP contribution in [0.3, 0.4) is 0 Å². The maximum Gasteiger partial charge on any atom is 0.333 e. The number of primary amides is 1. The van der Waals surface area contributed by atoms with E-state index in [2.05, 4.69) is 5.32 Å². The lowest BCUT2D eigenvalue weighted by Gasteiger charge is -2.03. The zero-order valence-electron chi connectivity index (χ0n) is 7.28. The number of hydrazine groups is 1. The van der Waals surface area contributed by atoms with Crippen LogP contribution in [0.15, 0.2) is 24.3 Å². The second-order valence-electron chi connectivity index (χ2n) is 2.54. The van der Waals surface area contributed by atoms with Crippen molar-refractivity contribution < 1.29 is 9.59 Å². The minimum absolute atomic E-state index is 0.378. The lowest BCUT2D eigenvalue weighted by atomic mass is 10.2. The van der Waals surface area contributed by atoms with Crippen LogP contribution in [-0.2, 0) is 0 Å². The van der Waals surface area contributed by atoms with Crippen molar-refractivity contribution in [2.45, 2.75) is 0 Å². The van der Waals surface area contributed by atoms with Gasteiger partial charge in [0.15, 0.2) is 0 Å². The average molecular weight is 194 g/mol. The molecule has 0 aliphatic carbocycles. The molecule has 0 fully saturated rings. The molecule has 74 valence electrons. The fraction of sp³-hybridized carbons (Fsp3) is 0. The van der Waals surface area contributed by atoms with E-state index in [1.807, 2.05) is 5.43 Å². The van der Waals surface area contributed by atoms with Gasteiger partial charge in [0.05, 0.1) is 0 Å². The molecule has 0 unspecified atom stereocenters. The molecule has 0 aromatic heterocycles. The summed E-state index contributed by atoms with van der Waals surface area (Å²) in [5.41, 5.74) is 7.85. The van der Waals surface area contributed by atoms with Gasteiger partial charge in [-0.15, -0.1) is 0 Å². The van der Waals surface area contributed by atoms with Crippen LogP contribution < -0.4 is 22.3 Å². The predicted molar refractivity (Wildman–Crippen MR) is 51.3 cm³/mol. The summed E-state index contributed by atoms with van der Waals surface area (Å²) in [4.78, 5) is 21.5. The average Bonchev–Trinajstić information content (AvgIpc) is 2.18. The smallest absolute Gasteiger partial charge is 0.333 e. The number of benzene rings is 1. The van der Waals surface area contributed by atoms with Gasteiger partial charge in [0, 0.05) is 11.3 Å². The van der Waals surface area contributed by atoms with Gasteiger partial charge in [-0.1, -0.05) is 0 Å². The molecule has 0 spiro atoms. The van der Waals surface area contributed by atoms with E-state index in [1.54, 1.807) is 12.1 Å². The number of hydrogen-bond donors (Lipinski definition) is 4. The first-order chi connectivity index (χ1) is 6.63. The van der Waals surface area contributed by atoms with Gasteiger partial charge in [-0.25, -0.2) is 10.6 Å². The fourth-order valence-electron chi connectivity index (χ4n) is 0.885. The monoisotopic (exact) mass is 194 g/mol. The first-order valence-electron chi connectivity index (χ1n) is 3.81. The molecule has 1 aromatic rings. The van der Waals surface area contributed by atoms with Gasteiger partial charge in [-0.3, -0.25) is 10.2 Å². The van der Waals surface area contributed by atoms with Gasteiger partial charge in [0.1, 0.15) is 0 Å². The van der Waals surface area contributed by atoms with Gasteiger partial charge in [-0.05, 0) is 24.3 Å². The molecule has 0 saturated heterocycles. The number of carbonyl (C=O) groups excluding carboxylic acids is 2. The van der Waals surface area contributed by atoms with Gasteiger partial charge in [-0.2, -0.15) is 0 Å². The van der Waals surface area contributed by atoms with Crippen LogP contribution in [0.4, 0.5) is 10.5 Å². The topological polar surface area (TPSA) is 110 Å². The summed E-state index contributed by atoms with van der Waals surface area (Å²) >= 11 is 0. The van der Waals surface area contributed by atoms with Crippen molar-refractivity contribution >= 4 is 17.6 Å². The lowest BCUT2D eigenvalue weighted by molar-refractivity contribution is 0.100. The SMILES string of the molecule is NNC(=O)Nc1ccc(C(N)=O)cc1. The third kappa shape index (κ3) is 2.46. The Morgan fingerprint density at radius 2 is 1.71 bits per heavy atom. The van der Waals surface area contributed by atoms with Crippen molar-refractivity contribution in [3.8, 4) is 0 Å². The van der Waals surface area contributed by atoms with Crippen molar-refractivity contribution in [1.29, 1.82) is 0 Å². The molecule has 3 amide bonds. The Bertz CT molecular complexity index is 347. The Balaban J connectivity index is 2.73. The van der Waals surface area contributed by atoms with Gasteiger partial charge in [0.2, 0.25) is 5.91 Å². The van der Waals surface area contributed by atoms with Crippen LogP contribution in [0.25, 0.3) is 0 Å². The number of nitrogens with two attached hydrogens (primary N) is 2. The number of rotatable bonds is 2. The maximum absolute atomic E-state index is 10.8. The van der Waals surface area contributed by atoms with Crippen molar-refractivity contribution in [1.82, 2.24) is 5.43 Å². The van der Waals surface area contributed by atoms with Crippen LogP contribution in [0.1, 0.15) is 10.4 Å². The zero-order chi connectivity index (χ0) is 10.6. The highest BCUT2D eigenvalue weighted by atomic mass is 16.2. The Kier molecular flexibility index (Phi) is 3.03. The molecular weight excluding hydrogens is 184 g/mol. The number of carbonyl (C=O) groups is 2. The third-order valence-electron chi connectivity index (χ3n) is 1.56. The largest absolute Gasteiger partial charge is 0.366 e. The molecule has 0 aliphatic rings. The zero-order valence-corrected chi connectivity index (χ0v) is 7.28. The van der Waals surface area contributed by atoms with E-state index in [4.69, 9.17) is 11.6 Å². The Hall–Kier alpha value is -2.08. The molecule has 14 heavy (non-hydrogen) atoms. The van der Waals surface area contributed by atoms with Crippen LogP contribution >= 0.6 is 0 Å². The summed E-state index contributed by atoms with van der Waals surface area (Å²) in [7, 11) is 0. The molecule has 0 bridgehead atoms. The molecule has 0 heterocycles. The van der Waals surface area contributed by atoms with Crippen LogP contribution in [0, 0.1) is 0 Å². The summed E-state index contributed by atoms with van der Waals surface area (Å²) in [6, 6.07) is 5.59. The number of urea groups is 1. The Labute approximate surface area is 80.2 Å². The van der Waals surface area contributed by atoms with Crippen molar-refractivity contribution in [2.24, 2.45) is 11.6 Å². The summed E-state index contributed by atoms with van der Waals surface area (Å²) in [5, 5.41) is 2.43. The number of anilines is 1. The molecule has 6 nitrogen and oxygen atoms in total. The highest BCUT2D eigenvalue weighted by Gasteiger charge is 2.01. The summed E-state index contributed by atoms with van der Waals surface area (Å²) in [5.74, 6) is 4.35. The second-order valence-corrected chi connectivity index (χ2v) is 2.54. The first kappa shape index (κ1) is 10.0. The standard InChI is InChI=1S/C8H10N4O2/c9-7(13)5-1-3-6(4-2-5)11-8(14)12-10/h1-4H,10H2,(H2,9,13)(H2,11,12,14). The molecule has 6 N–H and O–H groups in total. The minimum atomic E-state index is -0.531. The van der Waals surface area contributed by atoms with E-state index in [0.717, 1.165) is 0 Å². The molecule has 0 saturated carbocycles. The van der Waals surface area contributed by atoms with E-state index in [1.165, 1.54) is 12.1 Å². The van der Waals surface area contributed by atoms with E-state index >= 15 is 0 Å². The summed E-state index contributed by atoms with van der Waals surface area (Å²) in [6.07, 6.45) is 0. The first-order valence-corrected chi connectivity index (χ1v) is 3.81. The quantitative estimate of drug-likeness (QED) is 0.297. The molecule has 1 aromatic carbocycles. The van der Waals surface area contributed by atoms with Crippen LogP contribution in [0.5, 0.6) is 0 Å². The Morgan fingerprint density at radius 3 is 2.14 bits per heavy atom. The minimum Gasteiger partial charge on any atom is -0.366 e. The van der Waals surface area contributed by atoms with Gasteiger partial charge in [0.25, 0.3) is 0 Å². The van der Waals surface area contributed by atoms with Gasteiger partial charge >= 0.3 is 6.03 Å². The highest BCUT2D eigenvalue weighted by Crippen LogP contribution is 2.08.